The lowest BCUT2D eigenvalue weighted by Crippen LogP contribution is -2.52. The van der Waals surface area contributed by atoms with Gasteiger partial charge in [-0.2, -0.15) is 17.9 Å². The molecule has 13 heteroatoms. The van der Waals surface area contributed by atoms with Crippen LogP contribution in [-0.4, -0.2) is 72.8 Å². The van der Waals surface area contributed by atoms with Gasteiger partial charge in [0.1, 0.15) is 12.1 Å². The van der Waals surface area contributed by atoms with E-state index in [1.54, 1.807) is 0 Å². The second kappa shape index (κ2) is 12.2. The van der Waals surface area contributed by atoms with E-state index in [-0.39, 0.29) is 25.7 Å². The summed E-state index contributed by atoms with van der Waals surface area (Å²) in [6.07, 6.45) is -0.959. The number of carbonyl (C=O) groups excluding carboxylic acids is 4. The van der Waals surface area contributed by atoms with Crippen LogP contribution in [0, 0.1) is 0 Å². The van der Waals surface area contributed by atoms with Crippen molar-refractivity contribution in [1.29, 1.82) is 0 Å². The summed E-state index contributed by atoms with van der Waals surface area (Å²) in [4.78, 5) is 45.9. The van der Waals surface area contributed by atoms with Crippen molar-refractivity contribution >= 4 is 34.1 Å². The Bertz CT molecular complexity index is 586. The minimum absolute atomic E-state index is 0.231. The van der Waals surface area contributed by atoms with E-state index in [2.05, 4.69) is 18.9 Å². The molecule has 27 heavy (non-hydrogen) atoms. The topological polar surface area (TPSA) is 163 Å². The number of rotatable bonds is 12. The van der Waals surface area contributed by atoms with Gasteiger partial charge in [-0.05, 0) is 12.8 Å². The van der Waals surface area contributed by atoms with Gasteiger partial charge in [0.05, 0.1) is 28.4 Å². The molecule has 0 bridgehead atoms. The van der Waals surface area contributed by atoms with Crippen LogP contribution in [0.25, 0.3) is 0 Å². The van der Waals surface area contributed by atoms with E-state index in [4.69, 9.17) is 0 Å². The monoisotopic (exact) mass is 412 g/mol. The lowest BCUT2D eigenvalue weighted by Gasteiger charge is -2.20. The first-order valence-electron chi connectivity index (χ1n) is 7.69. The van der Waals surface area contributed by atoms with Gasteiger partial charge in [0.15, 0.2) is 0 Å². The second-order valence-corrected chi connectivity index (χ2v) is 6.60. The zero-order valence-corrected chi connectivity index (χ0v) is 16.3. The Hall–Kier alpha value is -2.25. The van der Waals surface area contributed by atoms with Crippen LogP contribution < -0.4 is 9.44 Å². The molecule has 0 aromatic heterocycles. The van der Waals surface area contributed by atoms with Crippen LogP contribution in [0.1, 0.15) is 25.7 Å². The number of esters is 4. The van der Waals surface area contributed by atoms with Crippen LogP contribution in [0.3, 0.4) is 0 Å². The fourth-order valence-electron chi connectivity index (χ4n) is 1.87. The standard InChI is InChI=1S/C14H24N2O10S/c1-23-11(17)7-5-9(13(19)25-3)15-27(21,22)16-10(14(20)26-4)6-8-12(18)24-2/h9-10,15-16H,5-8H2,1-4H3/t9-,10-/m0/s1. The average molecular weight is 412 g/mol. The Morgan fingerprint density at radius 1 is 0.704 bits per heavy atom. The molecule has 0 heterocycles. The summed E-state index contributed by atoms with van der Waals surface area (Å²) in [7, 11) is -0.0318. The SMILES string of the molecule is COC(=O)CC[C@H](NS(=O)(=O)N[C@@H](CCC(=O)OC)C(=O)OC)C(=O)OC. The third-order valence-electron chi connectivity index (χ3n) is 3.30. The molecular formula is C14H24N2O10S. The summed E-state index contributed by atoms with van der Waals surface area (Å²) in [5.41, 5.74) is 0. The van der Waals surface area contributed by atoms with E-state index < -0.39 is 46.2 Å². The van der Waals surface area contributed by atoms with Gasteiger partial charge in [0.2, 0.25) is 0 Å². The smallest absolute Gasteiger partial charge is 0.323 e. The molecule has 0 rings (SSSR count). The Kier molecular flexibility index (Phi) is 11.2. The number of nitrogens with one attached hydrogen (secondary N) is 2. The van der Waals surface area contributed by atoms with E-state index in [1.807, 2.05) is 9.44 Å². The van der Waals surface area contributed by atoms with Crippen molar-refractivity contribution in [3.8, 4) is 0 Å². The minimum Gasteiger partial charge on any atom is -0.469 e. The summed E-state index contributed by atoms with van der Waals surface area (Å²) in [6, 6.07) is -2.80. The second-order valence-electron chi connectivity index (χ2n) is 5.12. The maximum Gasteiger partial charge on any atom is 0.323 e. The minimum atomic E-state index is -4.41. The summed E-state index contributed by atoms with van der Waals surface area (Å²) >= 11 is 0. The molecule has 0 aromatic carbocycles. The molecule has 2 N–H and O–H groups in total. The van der Waals surface area contributed by atoms with Gasteiger partial charge in [0, 0.05) is 12.8 Å². The molecule has 0 fully saturated rings. The van der Waals surface area contributed by atoms with Crippen LogP contribution >= 0.6 is 0 Å². The van der Waals surface area contributed by atoms with Crippen LogP contribution in [0.4, 0.5) is 0 Å². The van der Waals surface area contributed by atoms with Crippen molar-refractivity contribution in [3.63, 3.8) is 0 Å². The first-order chi connectivity index (χ1) is 12.6. The Labute approximate surface area is 157 Å². The highest BCUT2D eigenvalue weighted by Gasteiger charge is 2.30. The highest BCUT2D eigenvalue weighted by molar-refractivity contribution is 7.87. The van der Waals surface area contributed by atoms with Crippen molar-refractivity contribution in [2.75, 3.05) is 28.4 Å². The predicted octanol–water partition coefficient (Wildman–Crippen LogP) is -1.60. The number of ether oxygens (including phenoxy) is 4. The van der Waals surface area contributed by atoms with Crippen LogP contribution in [0.2, 0.25) is 0 Å². The van der Waals surface area contributed by atoms with Gasteiger partial charge in [-0.25, -0.2) is 0 Å². The van der Waals surface area contributed by atoms with E-state index in [0.717, 1.165) is 28.4 Å². The fraction of sp³-hybridized carbons (Fsp3) is 0.714. The van der Waals surface area contributed by atoms with E-state index in [0.29, 0.717) is 0 Å². The average Bonchev–Trinajstić information content (AvgIpc) is 2.65. The molecule has 0 radical (unpaired) electrons. The molecule has 0 saturated heterocycles. The van der Waals surface area contributed by atoms with Crippen molar-refractivity contribution in [1.82, 2.24) is 9.44 Å². The molecule has 156 valence electrons. The van der Waals surface area contributed by atoms with Crippen molar-refractivity contribution in [2.24, 2.45) is 0 Å². The molecule has 0 spiro atoms. The maximum absolute atomic E-state index is 12.3. The molecule has 12 nitrogen and oxygen atoms in total. The van der Waals surface area contributed by atoms with Gasteiger partial charge in [0.25, 0.3) is 10.2 Å². The summed E-state index contributed by atoms with van der Waals surface area (Å²) in [5, 5.41) is 0. The Balaban J connectivity index is 5.15. The van der Waals surface area contributed by atoms with Crippen molar-refractivity contribution < 1.29 is 46.5 Å². The fourth-order valence-corrected chi connectivity index (χ4v) is 3.12. The first kappa shape index (κ1) is 24.8. The largest absolute Gasteiger partial charge is 0.469 e. The van der Waals surface area contributed by atoms with Gasteiger partial charge in [-0.15, -0.1) is 0 Å². The normalized spacial score (nSPS) is 13.2. The summed E-state index contributed by atoms with van der Waals surface area (Å²) in [6.45, 7) is 0. The molecule has 0 aliphatic heterocycles. The number of methoxy groups -OCH3 is 4. The summed E-state index contributed by atoms with van der Waals surface area (Å²) < 4.78 is 46.3. The Morgan fingerprint density at radius 3 is 1.30 bits per heavy atom. The van der Waals surface area contributed by atoms with Gasteiger partial charge >= 0.3 is 23.9 Å². The molecule has 2 atom stereocenters. The van der Waals surface area contributed by atoms with E-state index >= 15 is 0 Å². The molecule has 0 aliphatic rings. The first-order valence-corrected chi connectivity index (χ1v) is 9.17. The third kappa shape index (κ3) is 9.86. The molecule has 0 aliphatic carbocycles. The predicted molar refractivity (Wildman–Crippen MR) is 89.3 cm³/mol. The zero-order valence-electron chi connectivity index (χ0n) is 15.5. The zero-order chi connectivity index (χ0) is 21.0. The van der Waals surface area contributed by atoms with Gasteiger partial charge < -0.3 is 18.9 Å². The van der Waals surface area contributed by atoms with Crippen LogP contribution in [-0.2, 0) is 48.3 Å². The lowest BCUT2D eigenvalue weighted by atomic mass is 10.2. The van der Waals surface area contributed by atoms with Crippen LogP contribution in [0.15, 0.2) is 0 Å². The maximum atomic E-state index is 12.3. The molecule has 0 unspecified atom stereocenters. The van der Waals surface area contributed by atoms with Crippen LogP contribution in [0.5, 0.6) is 0 Å². The number of carbonyl (C=O) groups is 4. The highest BCUT2D eigenvalue weighted by atomic mass is 32.2. The quantitative estimate of drug-likeness (QED) is 0.282. The van der Waals surface area contributed by atoms with E-state index in [1.165, 1.54) is 0 Å². The summed E-state index contributed by atoms with van der Waals surface area (Å²) in [5.74, 6) is -3.18. The van der Waals surface area contributed by atoms with Crippen molar-refractivity contribution in [3.05, 3.63) is 0 Å². The molecular weight excluding hydrogens is 388 g/mol. The van der Waals surface area contributed by atoms with Gasteiger partial charge in [-0.1, -0.05) is 0 Å². The lowest BCUT2D eigenvalue weighted by molar-refractivity contribution is -0.145. The Morgan fingerprint density at radius 2 is 1.04 bits per heavy atom. The third-order valence-corrected chi connectivity index (χ3v) is 4.49. The van der Waals surface area contributed by atoms with E-state index in [9.17, 15) is 27.6 Å². The number of hydrogen-bond acceptors (Lipinski definition) is 10. The molecule has 0 amide bonds. The molecule has 0 saturated carbocycles. The van der Waals surface area contributed by atoms with Crippen molar-refractivity contribution in [2.45, 2.75) is 37.8 Å². The number of hydrogen-bond donors (Lipinski definition) is 2. The highest BCUT2D eigenvalue weighted by Crippen LogP contribution is 2.06. The van der Waals surface area contributed by atoms with Gasteiger partial charge in [-0.3, -0.25) is 19.2 Å². The molecule has 0 aromatic rings.